The van der Waals surface area contributed by atoms with Gasteiger partial charge in [-0.05, 0) is 43.1 Å². The van der Waals surface area contributed by atoms with Gasteiger partial charge in [0.25, 0.3) is 0 Å². The molecule has 1 aromatic carbocycles. The normalized spacial score (nSPS) is 28.8. The van der Waals surface area contributed by atoms with E-state index in [1.165, 1.54) is 31.5 Å². The lowest BCUT2D eigenvalue weighted by molar-refractivity contribution is 0.0987. The van der Waals surface area contributed by atoms with E-state index in [0.29, 0.717) is 17.5 Å². The Morgan fingerprint density at radius 3 is 2.57 bits per heavy atom. The number of hydrogen-bond donors (Lipinski definition) is 1. The van der Waals surface area contributed by atoms with Gasteiger partial charge in [0, 0.05) is 31.7 Å². The van der Waals surface area contributed by atoms with Crippen LogP contribution in [0.15, 0.2) is 30.3 Å². The number of nitrogens with one attached hydrogen (secondary N) is 1. The fourth-order valence-corrected chi connectivity index (χ4v) is 3.73. The maximum atomic E-state index is 3.74. The molecule has 0 bridgehead atoms. The van der Waals surface area contributed by atoms with Crippen molar-refractivity contribution in [2.24, 2.45) is 11.3 Å². The van der Waals surface area contributed by atoms with Crippen LogP contribution in [0.2, 0.25) is 0 Å². The molecule has 0 radical (unpaired) electrons. The molecule has 2 heteroatoms. The van der Waals surface area contributed by atoms with Crippen LogP contribution >= 0.6 is 0 Å². The molecule has 1 aliphatic carbocycles. The molecule has 2 nitrogen and oxygen atoms in total. The molecule has 1 aromatic rings. The molecule has 1 saturated carbocycles. The summed E-state index contributed by atoms with van der Waals surface area (Å²) < 4.78 is 0. The molecule has 2 unspecified atom stereocenters. The summed E-state index contributed by atoms with van der Waals surface area (Å²) >= 11 is 0. The Hall–Kier alpha value is -0.860. The van der Waals surface area contributed by atoms with Gasteiger partial charge in [0.15, 0.2) is 0 Å². The highest BCUT2D eigenvalue weighted by Crippen LogP contribution is 2.52. The van der Waals surface area contributed by atoms with E-state index in [1.807, 2.05) is 0 Å². The van der Waals surface area contributed by atoms with Crippen LogP contribution in [-0.2, 0) is 6.42 Å². The van der Waals surface area contributed by atoms with Gasteiger partial charge in [-0.2, -0.15) is 0 Å². The molecular weight excluding hydrogens is 256 g/mol. The van der Waals surface area contributed by atoms with E-state index in [2.05, 4.69) is 61.3 Å². The third-order valence-electron chi connectivity index (χ3n) is 5.74. The average Bonchev–Trinajstić information content (AvgIpc) is 3.25. The van der Waals surface area contributed by atoms with Gasteiger partial charge in [-0.1, -0.05) is 44.2 Å². The first-order chi connectivity index (χ1) is 10.1. The monoisotopic (exact) mass is 286 g/mol. The number of benzene rings is 1. The van der Waals surface area contributed by atoms with E-state index in [9.17, 15) is 0 Å². The summed E-state index contributed by atoms with van der Waals surface area (Å²) in [6.45, 7) is 10.8. The lowest BCUT2D eigenvalue weighted by Gasteiger charge is -2.41. The molecule has 2 aliphatic rings. The average molecular weight is 286 g/mol. The van der Waals surface area contributed by atoms with Crippen LogP contribution in [0.4, 0.5) is 0 Å². The van der Waals surface area contributed by atoms with Gasteiger partial charge in [-0.15, -0.1) is 0 Å². The third kappa shape index (κ3) is 3.49. The zero-order chi connectivity index (χ0) is 14.9. The fraction of sp³-hybridized carbons (Fsp3) is 0.684. The lowest BCUT2D eigenvalue weighted by atomic mass is 9.90. The molecule has 2 atom stereocenters. The molecule has 0 spiro atoms. The maximum Gasteiger partial charge on any atom is 0.0236 e. The van der Waals surface area contributed by atoms with Gasteiger partial charge < -0.3 is 5.32 Å². The van der Waals surface area contributed by atoms with Crippen molar-refractivity contribution in [2.45, 2.75) is 52.1 Å². The molecule has 3 rings (SSSR count). The number of piperazine rings is 1. The molecule has 0 amide bonds. The Labute approximate surface area is 129 Å². The Morgan fingerprint density at radius 1 is 1.24 bits per heavy atom. The fourth-order valence-electron chi connectivity index (χ4n) is 3.73. The third-order valence-corrected chi connectivity index (χ3v) is 5.74. The summed E-state index contributed by atoms with van der Waals surface area (Å²) in [5.41, 5.74) is 2.08. The first kappa shape index (κ1) is 15.1. The second-order valence-corrected chi connectivity index (χ2v) is 7.59. The standard InChI is InChI=1S/C19H30N2/c1-15(2)19(9-10-19)14-21-13-18(20-12-16(21)3)11-17-7-5-4-6-8-17/h4-8,15-16,18,20H,9-14H2,1-3H3. The Morgan fingerprint density at radius 2 is 1.95 bits per heavy atom. The summed E-state index contributed by atoms with van der Waals surface area (Å²) in [4.78, 5) is 2.75. The van der Waals surface area contributed by atoms with Gasteiger partial charge in [-0.25, -0.2) is 0 Å². The Kier molecular flexibility index (Phi) is 4.37. The lowest BCUT2D eigenvalue weighted by Crippen LogP contribution is -2.57. The first-order valence-corrected chi connectivity index (χ1v) is 8.60. The molecule has 1 N–H and O–H groups in total. The predicted octanol–water partition coefficient (Wildman–Crippen LogP) is 3.33. The van der Waals surface area contributed by atoms with Gasteiger partial charge in [-0.3, -0.25) is 4.90 Å². The van der Waals surface area contributed by atoms with E-state index in [0.717, 1.165) is 18.9 Å². The second kappa shape index (κ2) is 6.10. The van der Waals surface area contributed by atoms with Gasteiger partial charge in [0.05, 0.1) is 0 Å². The molecule has 1 saturated heterocycles. The smallest absolute Gasteiger partial charge is 0.0236 e. The van der Waals surface area contributed by atoms with Crippen LogP contribution in [0, 0.1) is 11.3 Å². The Balaban J connectivity index is 1.60. The van der Waals surface area contributed by atoms with E-state index < -0.39 is 0 Å². The second-order valence-electron chi connectivity index (χ2n) is 7.59. The van der Waals surface area contributed by atoms with E-state index in [1.54, 1.807) is 0 Å². The van der Waals surface area contributed by atoms with Crippen molar-refractivity contribution in [3.63, 3.8) is 0 Å². The van der Waals surface area contributed by atoms with Crippen molar-refractivity contribution in [3.05, 3.63) is 35.9 Å². The predicted molar refractivity (Wildman–Crippen MR) is 89.5 cm³/mol. The van der Waals surface area contributed by atoms with Crippen LogP contribution < -0.4 is 5.32 Å². The zero-order valence-corrected chi connectivity index (χ0v) is 13.8. The molecular formula is C19H30N2. The SMILES string of the molecule is CC1CNC(Cc2ccccc2)CN1CC1(C(C)C)CC1. The van der Waals surface area contributed by atoms with Crippen molar-refractivity contribution >= 4 is 0 Å². The van der Waals surface area contributed by atoms with Crippen molar-refractivity contribution in [1.29, 1.82) is 0 Å². The maximum absolute atomic E-state index is 3.74. The first-order valence-electron chi connectivity index (χ1n) is 8.60. The highest BCUT2D eigenvalue weighted by molar-refractivity contribution is 5.16. The topological polar surface area (TPSA) is 15.3 Å². The highest BCUT2D eigenvalue weighted by atomic mass is 15.2. The quantitative estimate of drug-likeness (QED) is 0.893. The summed E-state index contributed by atoms with van der Waals surface area (Å²) in [6.07, 6.45) is 4.02. The van der Waals surface area contributed by atoms with Gasteiger partial charge in [0.2, 0.25) is 0 Å². The van der Waals surface area contributed by atoms with Crippen LogP contribution in [0.25, 0.3) is 0 Å². The minimum absolute atomic E-state index is 0.603. The van der Waals surface area contributed by atoms with Crippen LogP contribution in [-0.4, -0.2) is 36.6 Å². The summed E-state index contributed by atoms with van der Waals surface area (Å²) in [6, 6.07) is 12.2. The van der Waals surface area contributed by atoms with Crippen molar-refractivity contribution < 1.29 is 0 Å². The molecule has 21 heavy (non-hydrogen) atoms. The Bertz CT molecular complexity index is 450. The molecule has 116 valence electrons. The van der Waals surface area contributed by atoms with Crippen LogP contribution in [0.5, 0.6) is 0 Å². The number of rotatable bonds is 5. The van der Waals surface area contributed by atoms with Crippen molar-refractivity contribution in [1.82, 2.24) is 10.2 Å². The summed E-state index contributed by atoms with van der Waals surface area (Å²) in [7, 11) is 0. The molecule has 1 aliphatic heterocycles. The minimum Gasteiger partial charge on any atom is -0.311 e. The van der Waals surface area contributed by atoms with Gasteiger partial charge >= 0.3 is 0 Å². The van der Waals surface area contributed by atoms with Crippen LogP contribution in [0.3, 0.4) is 0 Å². The highest BCUT2D eigenvalue weighted by Gasteiger charge is 2.47. The molecule has 1 heterocycles. The number of hydrogen-bond acceptors (Lipinski definition) is 2. The van der Waals surface area contributed by atoms with Crippen LogP contribution in [0.1, 0.15) is 39.2 Å². The van der Waals surface area contributed by atoms with Gasteiger partial charge in [0.1, 0.15) is 0 Å². The summed E-state index contributed by atoms with van der Waals surface area (Å²) in [5.74, 6) is 0.826. The number of nitrogens with zero attached hydrogens (tertiary/aromatic N) is 1. The molecule has 0 aromatic heterocycles. The van der Waals surface area contributed by atoms with E-state index in [-0.39, 0.29) is 0 Å². The van der Waals surface area contributed by atoms with E-state index >= 15 is 0 Å². The zero-order valence-electron chi connectivity index (χ0n) is 13.8. The minimum atomic E-state index is 0.603. The van der Waals surface area contributed by atoms with E-state index in [4.69, 9.17) is 0 Å². The largest absolute Gasteiger partial charge is 0.311 e. The van der Waals surface area contributed by atoms with Crippen molar-refractivity contribution in [2.75, 3.05) is 19.6 Å². The molecule has 2 fully saturated rings. The summed E-state index contributed by atoms with van der Waals surface area (Å²) in [5, 5.41) is 3.74. The van der Waals surface area contributed by atoms with Crippen molar-refractivity contribution in [3.8, 4) is 0 Å².